The predicted octanol–water partition coefficient (Wildman–Crippen LogP) is 2.86. The van der Waals surface area contributed by atoms with Crippen molar-refractivity contribution in [1.29, 1.82) is 0 Å². The molecule has 106 valence electrons. The molecule has 2 N–H and O–H groups in total. The van der Waals surface area contributed by atoms with E-state index in [1.165, 1.54) is 18.2 Å². The fourth-order valence-electron chi connectivity index (χ4n) is 2.70. The van der Waals surface area contributed by atoms with Gasteiger partial charge in [0.05, 0.1) is 13.5 Å². The largest absolute Gasteiger partial charge is 0.469 e. The van der Waals surface area contributed by atoms with Gasteiger partial charge < -0.3 is 10.5 Å². The lowest BCUT2D eigenvalue weighted by molar-refractivity contribution is -0.142. The Hall–Kier alpha value is -1.35. The number of hydrogen-bond acceptors (Lipinski definition) is 3. The van der Waals surface area contributed by atoms with E-state index in [2.05, 4.69) is 39.0 Å². The van der Waals surface area contributed by atoms with Gasteiger partial charge in [0.15, 0.2) is 0 Å². The van der Waals surface area contributed by atoms with Gasteiger partial charge in [0.1, 0.15) is 0 Å². The molecule has 0 fully saturated rings. The molecular weight excluding hydrogens is 238 g/mol. The number of rotatable bonds is 5. The molecule has 3 heteroatoms. The third-order valence-corrected chi connectivity index (χ3v) is 3.99. The molecule has 0 radical (unpaired) electrons. The van der Waals surface area contributed by atoms with Gasteiger partial charge in [-0.15, -0.1) is 0 Å². The Morgan fingerprint density at radius 2 is 2.05 bits per heavy atom. The number of hydrogen-bond donors (Lipinski definition) is 1. The van der Waals surface area contributed by atoms with Gasteiger partial charge in [-0.1, -0.05) is 37.6 Å². The Morgan fingerprint density at radius 1 is 1.42 bits per heavy atom. The summed E-state index contributed by atoms with van der Waals surface area (Å²) in [4.78, 5) is 11.7. The van der Waals surface area contributed by atoms with Gasteiger partial charge in [0.25, 0.3) is 0 Å². The maximum absolute atomic E-state index is 11.7. The Bertz CT molecular complexity index is 456. The molecule has 19 heavy (non-hydrogen) atoms. The molecular formula is C16H25NO2. The molecule has 0 saturated carbocycles. The van der Waals surface area contributed by atoms with Crippen LogP contribution in [0.5, 0.6) is 0 Å². The fourth-order valence-corrected chi connectivity index (χ4v) is 2.70. The summed E-state index contributed by atoms with van der Waals surface area (Å²) in [5, 5.41) is 0. The van der Waals surface area contributed by atoms with E-state index in [1.807, 2.05) is 6.92 Å². The fraction of sp³-hybridized carbons (Fsp3) is 0.562. The van der Waals surface area contributed by atoms with Crippen LogP contribution in [0.15, 0.2) is 18.2 Å². The van der Waals surface area contributed by atoms with E-state index in [4.69, 9.17) is 10.5 Å². The normalized spacial score (nSPS) is 15.7. The van der Waals surface area contributed by atoms with Crippen molar-refractivity contribution < 1.29 is 9.53 Å². The highest BCUT2D eigenvalue weighted by atomic mass is 16.5. The van der Waals surface area contributed by atoms with Gasteiger partial charge in [-0.2, -0.15) is 0 Å². The molecule has 2 unspecified atom stereocenters. The summed E-state index contributed by atoms with van der Waals surface area (Å²) in [5.41, 5.74) is 9.42. The molecule has 0 amide bonds. The summed E-state index contributed by atoms with van der Waals surface area (Å²) < 4.78 is 4.83. The summed E-state index contributed by atoms with van der Waals surface area (Å²) >= 11 is 0. The first kappa shape index (κ1) is 15.7. The Labute approximate surface area is 116 Å². The number of esters is 1. The third-order valence-electron chi connectivity index (χ3n) is 3.99. The average molecular weight is 263 g/mol. The summed E-state index contributed by atoms with van der Waals surface area (Å²) in [6, 6.07) is 6.21. The molecule has 2 atom stereocenters. The van der Waals surface area contributed by atoms with E-state index in [0.717, 1.165) is 12.0 Å². The van der Waals surface area contributed by atoms with Crippen molar-refractivity contribution in [3.05, 3.63) is 34.9 Å². The number of methoxy groups -OCH3 is 1. The number of carbonyl (C=O) groups is 1. The molecule has 1 aromatic rings. The maximum Gasteiger partial charge on any atom is 0.306 e. The molecule has 1 aromatic carbocycles. The quantitative estimate of drug-likeness (QED) is 0.831. The van der Waals surface area contributed by atoms with Crippen LogP contribution in [0.25, 0.3) is 0 Å². The molecule has 0 saturated heterocycles. The van der Waals surface area contributed by atoms with E-state index in [0.29, 0.717) is 6.42 Å². The number of ether oxygens (including phenoxy) is 1. The van der Waals surface area contributed by atoms with Crippen LogP contribution in [0, 0.1) is 13.8 Å². The highest BCUT2D eigenvalue weighted by Crippen LogP contribution is 2.34. The minimum atomic E-state index is -0.389. The van der Waals surface area contributed by atoms with Crippen LogP contribution in [-0.4, -0.2) is 19.1 Å². The highest BCUT2D eigenvalue weighted by Gasteiger charge is 2.36. The standard InChI is InChI=1S/C16H25NO2/c1-6-14(17)16(4,10-15(18)19-5)13-8-7-11(2)9-12(13)3/h7-9,14H,6,10,17H2,1-5H3. The second-order valence-corrected chi connectivity index (χ2v) is 5.50. The topological polar surface area (TPSA) is 52.3 Å². The van der Waals surface area contributed by atoms with E-state index >= 15 is 0 Å². The Balaban J connectivity index is 3.26. The molecule has 0 spiro atoms. The first-order valence-electron chi connectivity index (χ1n) is 6.75. The Morgan fingerprint density at radius 3 is 2.53 bits per heavy atom. The van der Waals surface area contributed by atoms with Gasteiger partial charge in [0.2, 0.25) is 0 Å². The van der Waals surface area contributed by atoms with Gasteiger partial charge in [0, 0.05) is 11.5 Å². The number of aryl methyl sites for hydroxylation is 2. The zero-order valence-electron chi connectivity index (χ0n) is 12.6. The van der Waals surface area contributed by atoms with Crippen molar-refractivity contribution in [2.75, 3.05) is 7.11 Å². The number of nitrogens with two attached hydrogens (primary N) is 1. The first-order chi connectivity index (χ1) is 8.85. The molecule has 0 aliphatic rings. The van der Waals surface area contributed by atoms with Crippen LogP contribution in [-0.2, 0) is 14.9 Å². The van der Waals surface area contributed by atoms with Crippen LogP contribution in [0.1, 0.15) is 43.4 Å². The first-order valence-corrected chi connectivity index (χ1v) is 6.75. The van der Waals surface area contributed by atoms with Gasteiger partial charge >= 0.3 is 5.97 Å². The molecule has 1 rings (SSSR count). The van der Waals surface area contributed by atoms with Crippen molar-refractivity contribution in [3.8, 4) is 0 Å². The van der Waals surface area contributed by atoms with Gasteiger partial charge in [-0.05, 0) is 31.4 Å². The lowest BCUT2D eigenvalue weighted by Gasteiger charge is -2.36. The van der Waals surface area contributed by atoms with Crippen LogP contribution >= 0.6 is 0 Å². The Kier molecular flexibility index (Phi) is 5.12. The summed E-state index contributed by atoms with van der Waals surface area (Å²) in [5.74, 6) is -0.216. The van der Waals surface area contributed by atoms with Crippen molar-refractivity contribution in [1.82, 2.24) is 0 Å². The molecule has 0 aliphatic heterocycles. The zero-order chi connectivity index (χ0) is 14.6. The van der Waals surface area contributed by atoms with Crippen LogP contribution < -0.4 is 5.73 Å². The van der Waals surface area contributed by atoms with Crippen molar-refractivity contribution in [2.45, 2.75) is 52.0 Å². The summed E-state index contributed by atoms with van der Waals surface area (Å²) in [7, 11) is 1.42. The van der Waals surface area contributed by atoms with Crippen LogP contribution in [0.3, 0.4) is 0 Å². The molecule has 3 nitrogen and oxygen atoms in total. The smallest absolute Gasteiger partial charge is 0.306 e. The SMILES string of the molecule is CCC(N)C(C)(CC(=O)OC)c1ccc(C)cc1C. The second-order valence-electron chi connectivity index (χ2n) is 5.50. The lowest BCUT2D eigenvalue weighted by atomic mass is 9.71. The van der Waals surface area contributed by atoms with E-state index in [9.17, 15) is 4.79 Å². The van der Waals surface area contributed by atoms with Crippen molar-refractivity contribution in [2.24, 2.45) is 5.73 Å². The van der Waals surface area contributed by atoms with E-state index < -0.39 is 0 Å². The average Bonchev–Trinajstić information content (AvgIpc) is 2.37. The third kappa shape index (κ3) is 3.35. The minimum Gasteiger partial charge on any atom is -0.469 e. The van der Waals surface area contributed by atoms with E-state index in [-0.39, 0.29) is 17.4 Å². The van der Waals surface area contributed by atoms with Crippen molar-refractivity contribution in [3.63, 3.8) is 0 Å². The maximum atomic E-state index is 11.7. The monoisotopic (exact) mass is 263 g/mol. The molecule has 0 aliphatic carbocycles. The van der Waals surface area contributed by atoms with Gasteiger partial charge in [-0.3, -0.25) is 4.79 Å². The highest BCUT2D eigenvalue weighted by molar-refractivity contribution is 5.71. The number of carbonyl (C=O) groups excluding carboxylic acids is 1. The summed E-state index contributed by atoms with van der Waals surface area (Å²) in [6.07, 6.45) is 1.13. The van der Waals surface area contributed by atoms with Crippen molar-refractivity contribution >= 4 is 5.97 Å². The molecule has 0 aromatic heterocycles. The second kappa shape index (κ2) is 6.20. The van der Waals surface area contributed by atoms with Gasteiger partial charge in [-0.25, -0.2) is 0 Å². The predicted molar refractivity (Wildman–Crippen MR) is 78.2 cm³/mol. The van der Waals surface area contributed by atoms with E-state index in [1.54, 1.807) is 0 Å². The molecule has 0 bridgehead atoms. The number of benzene rings is 1. The van der Waals surface area contributed by atoms with Crippen LogP contribution in [0.2, 0.25) is 0 Å². The lowest BCUT2D eigenvalue weighted by Crippen LogP contribution is -2.45. The molecule has 0 heterocycles. The minimum absolute atomic E-state index is 0.0759. The van der Waals surface area contributed by atoms with Crippen LogP contribution in [0.4, 0.5) is 0 Å². The summed E-state index contributed by atoms with van der Waals surface area (Å²) in [6.45, 7) is 8.23. The zero-order valence-corrected chi connectivity index (χ0v) is 12.6.